The minimum atomic E-state index is -0.470. The van der Waals surface area contributed by atoms with Crippen LogP contribution in [0.2, 0.25) is 0 Å². The molecular formula is C25H24FN5O2S. The average molecular weight is 478 g/mol. The number of rotatable bonds is 8. The Kier molecular flexibility index (Phi) is 7.34. The van der Waals surface area contributed by atoms with Crippen molar-refractivity contribution in [2.24, 2.45) is 0 Å². The summed E-state index contributed by atoms with van der Waals surface area (Å²) in [5.41, 5.74) is 3.42. The zero-order chi connectivity index (χ0) is 23.9. The smallest absolute Gasteiger partial charge is 0.315 e. The molecule has 0 saturated carbocycles. The third kappa shape index (κ3) is 5.87. The molecule has 0 spiro atoms. The molecule has 3 amide bonds. The second-order valence-electron chi connectivity index (χ2n) is 7.67. The molecule has 2 aromatic heterocycles. The van der Waals surface area contributed by atoms with E-state index in [1.54, 1.807) is 35.4 Å². The number of nitrogens with zero attached hydrogens (tertiary/aromatic N) is 3. The molecule has 2 N–H and O–H groups in total. The zero-order valence-electron chi connectivity index (χ0n) is 18.6. The Hall–Kier alpha value is -3.98. The molecule has 0 unspecified atom stereocenters. The highest BCUT2D eigenvalue weighted by Gasteiger charge is 2.18. The summed E-state index contributed by atoms with van der Waals surface area (Å²) in [7, 11) is 1.69. The van der Waals surface area contributed by atoms with E-state index < -0.39 is 6.03 Å². The first kappa shape index (κ1) is 23.2. The molecular weight excluding hydrogens is 453 g/mol. The maximum Gasteiger partial charge on any atom is 0.315 e. The van der Waals surface area contributed by atoms with Gasteiger partial charge in [-0.3, -0.25) is 4.79 Å². The summed E-state index contributed by atoms with van der Waals surface area (Å²) in [4.78, 5) is 27.3. The van der Waals surface area contributed by atoms with Gasteiger partial charge in [0.2, 0.25) is 5.91 Å². The number of halogens is 1. The van der Waals surface area contributed by atoms with Crippen molar-refractivity contribution in [2.75, 3.05) is 13.6 Å². The summed E-state index contributed by atoms with van der Waals surface area (Å²) >= 11 is 1.59. The summed E-state index contributed by atoms with van der Waals surface area (Å²) in [6.07, 6.45) is 1.93. The molecule has 4 aromatic rings. The molecule has 0 radical (unpaired) electrons. The number of carbonyl (C=O) groups is 2. The lowest BCUT2D eigenvalue weighted by molar-refractivity contribution is -0.129. The van der Waals surface area contributed by atoms with Gasteiger partial charge in [0.05, 0.1) is 17.1 Å². The Morgan fingerprint density at radius 2 is 1.79 bits per heavy atom. The van der Waals surface area contributed by atoms with E-state index in [1.807, 2.05) is 58.7 Å². The predicted molar refractivity (Wildman–Crippen MR) is 130 cm³/mol. The molecule has 174 valence electrons. The first-order valence-corrected chi connectivity index (χ1v) is 11.6. The summed E-state index contributed by atoms with van der Waals surface area (Å²) in [5, 5.41) is 12.0. The fourth-order valence-corrected chi connectivity index (χ4v) is 4.09. The van der Waals surface area contributed by atoms with Gasteiger partial charge in [-0.15, -0.1) is 11.3 Å². The van der Waals surface area contributed by atoms with Gasteiger partial charge in [-0.2, -0.15) is 5.10 Å². The van der Waals surface area contributed by atoms with Gasteiger partial charge in [-0.05, 0) is 41.3 Å². The number of benzene rings is 2. The third-order valence-electron chi connectivity index (χ3n) is 5.17. The van der Waals surface area contributed by atoms with Gasteiger partial charge in [0.1, 0.15) is 11.5 Å². The number of amides is 3. The van der Waals surface area contributed by atoms with Gasteiger partial charge in [-0.25, -0.2) is 13.9 Å². The first-order valence-electron chi connectivity index (χ1n) is 10.7. The standard InChI is InChI=1S/C25H24FN5O2S/c1-30(23(32)15-28-25(33)27-14-18-9-11-20(26)12-10-18)16-19-17-31(21-6-3-2-4-7-21)29-24(19)22-8-5-13-34-22/h2-13,17H,14-16H2,1H3,(H2,27,28,33). The van der Waals surface area contributed by atoms with Gasteiger partial charge in [0, 0.05) is 31.9 Å². The van der Waals surface area contributed by atoms with Crippen molar-refractivity contribution in [1.82, 2.24) is 25.3 Å². The maximum atomic E-state index is 13.0. The quantitative estimate of drug-likeness (QED) is 0.399. The number of para-hydroxylation sites is 1. The van der Waals surface area contributed by atoms with Crippen LogP contribution in [0.1, 0.15) is 11.1 Å². The number of hydrogen-bond acceptors (Lipinski definition) is 4. The van der Waals surface area contributed by atoms with Crippen molar-refractivity contribution in [3.05, 3.63) is 95.3 Å². The number of carbonyl (C=O) groups excluding carboxylic acids is 2. The lowest BCUT2D eigenvalue weighted by Crippen LogP contribution is -2.42. The summed E-state index contributed by atoms with van der Waals surface area (Å²) < 4.78 is 14.8. The van der Waals surface area contributed by atoms with Gasteiger partial charge >= 0.3 is 6.03 Å². The highest BCUT2D eigenvalue weighted by atomic mass is 32.1. The lowest BCUT2D eigenvalue weighted by Gasteiger charge is -2.17. The molecule has 9 heteroatoms. The minimum Gasteiger partial charge on any atom is -0.340 e. The van der Waals surface area contributed by atoms with Crippen molar-refractivity contribution in [2.45, 2.75) is 13.1 Å². The molecule has 0 saturated heterocycles. The predicted octanol–water partition coefficient (Wildman–Crippen LogP) is 4.20. The van der Waals surface area contributed by atoms with E-state index in [1.165, 1.54) is 12.1 Å². The van der Waals surface area contributed by atoms with E-state index in [-0.39, 0.29) is 24.8 Å². The molecule has 0 aliphatic carbocycles. The first-order chi connectivity index (χ1) is 16.5. The van der Waals surface area contributed by atoms with E-state index in [0.717, 1.165) is 27.4 Å². The van der Waals surface area contributed by atoms with E-state index >= 15 is 0 Å². The molecule has 34 heavy (non-hydrogen) atoms. The average Bonchev–Trinajstić information content (AvgIpc) is 3.53. The maximum absolute atomic E-state index is 13.0. The molecule has 4 rings (SSSR count). The van der Waals surface area contributed by atoms with Crippen LogP contribution in [0.3, 0.4) is 0 Å². The molecule has 0 atom stereocenters. The van der Waals surface area contributed by atoms with Crippen LogP contribution in [-0.4, -0.2) is 40.2 Å². The number of nitrogens with one attached hydrogen (secondary N) is 2. The Bertz CT molecular complexity index is 1240. The Morgan fingerprint density at radius 3 is 2.50 bits per heavy atom. The van der Waals surface area contributed by atoms with Crippen LogP contribution >= 0.6 is 11.3 Å². The van der Waals surface area contributed by atoms with Crippen molar-refractivity contribution in [3.8, 4) is 16.3 Å². The van der Waals surface area contributed by atoms with Crippen LogP contribution in [0.5, 0.6) is 0 Å². The van der Waals surface area contributed by atoms with Gasteiger partial charge < -0.3 is 15.5 Å². The van der Waals surface area contributed by atoms with Crippen LogP contribution in [0.15, 0.2) is 78.3 Å². The van der Waals surface area contributed by atoms with Crippen molar-refractivity contribution in [1.29, 1.82) is 0 Å². The van der Waals surface area contributed by atoms with E-state index in [0.29, 0.717) is 6.54 Å². The van der Waals surface area contributed by atoms with E-state index in [4.69, 9.17) is 5.10 Å². The number of likely N-dealkylation sites (N-methyl/N-ethyl adjacent to an activating group) is 1. The molecule has 0 bridgehead atoms. The SMILES string of the molecule is CN(Cc1cn(-c2ccccc2)nc1-c1cccs1)C(=O)CNC(=O)NCc1ccc(F)cc1. The molecule has 0 aliphatic rings. The number of urea groups is 1. The van der Waals surface area contributed by atoms with Gasteiger partial charge in [0.15, 0.2) is 0 Å². The number of hydrogen-bond donors (Lipinski definition) is 2. The second-order valence-corrected chi connectivity index (χ2v) is 8.62. The zero-order valence-corrected chi connectivity index (χ0v) is 19.4. The molecule has 0 fully saturated rings. The fourth-order valence-electron chi connectivity index (χ4n) is 3.34. The summed E-state index contributed by atoms with van der Waals surface area (Å²) in [6.45, 7) is 0.434. The normalized spacial score (nSPS) is 10.6. The monoisotopic (exact) mass is 477 g/mol. The number of aromatic nitrogens is 2. The van der Waals surface area contributed by atoms with E-state index in [9.17, 15) is 14.0 Å². The molecule has 2 heterocycles. The molecule has 7 nitrogen and oxygen atoms in total. The Balaban J connectivity index is 1.36. The van der Waals surface area contributed by atoms with Gasteiger partial charge in [0.25, 0.3) is 0 Å². The van der Waals surface area contributed by atoms with Crippen LogP contribution in [0.4, 0.5) is 9.18 Å². The number of thiophene rings is 1. The fraction of sp³-hybridized carbons (Fsp3) is 0.160. The summed E-state index contributed by atoms with van der Waals surface area (Å²) in [6, 6.07) is 19.1. The topological polar surface area (TPSA) is 79.3 Å². The third-order valence-corrected chi connectivity index (χ3v) is 6.04. The second kappa shape index (κ2) is 10.8. The molecule has 2 aromatic carbocycles. The van der Waals surface area contributed by atoms with Crippen LogP contribution in [0.25, 0.3) is 16.3 Å². The lowest BCUT2D eigenvalue weighted by atomic mass is 10.2. The van der Waals surface area contributed by atoms with Crippen molar-refractivity contribution >= 4 is 23.3 Å². The molecule has 0 aliphatic heterocycles. The van der Waals surface area contributed by atoms with Crippen molar-refractivity contribution < 1.29 is 14.0 Å². The van der Waals surface area contributed by atoms with Crippen molar-refractivity contribution in [3.63, 3.8) is 0 Å². The largest absolute Gasteiger partial charge is 0.340 e. The highest BCUT2D eigenvalue weighted by Crippen LogP contribution is 2.28. The Morgan fingerprint density at radius 1 is 1.03 bits per heavy atom. The summed E-state index contributed by atoms with van der Waals surface area (Å²) in [5.74, 6) is -0.570. The minimum absolute atomic E-state index is 0.146. The Labute approximate surface area is 200 Å². The highest BCUT2D eigenvalue weighted by molar-refractivity contribution is 7.13. The van der Waals surface area contributed by atoms with E-state index in [2.05, 4.69) is 10.6 Å². The van der Waals surface area contributed by atoms with Gasteiger partial charge in [-0.1, -0.05) is 36.4 Å². The van der Waals surface area contributed by atoms with Crippen LogP contribution in [0, 0.1) is 5.82 Å². The van der Waals surface area contributed by atoms with Crippen LogP contribution in [-0.2, 0) is 17.9 Å². The van der Waals surface area contributed by atoms with Crippen LogP contribution < -0.4 is 10.6 Å².